The zero-order valence-corrected chi connectivity index (χ0v) is 12.1. The predicted molar refractivity (Wildman–Crippen MR) is 76.2 cm³/mol. The Hall–Kier alpha value is -0.0600. The molecule has 0 spiro atoms. The molecule has 1 aliphatic rings. The number of nitrogens with two attached hydrogens (primary N) is 1. The first-order valence-electron chi connectivity index (χ1n) is 5.71. The number of halogens is 4. The minimum Gasteiger partial charge on any atom is -0.324 e. The predicted octanol–water partition coefficient (Wildman–Crippen LogP) is 3.55. The van der Waals surface area contributed by atoms with Gasteiger partial charge in [0.1, 0.15) is 5.82 Å². The number of rotatable bonds is 2. The van der Waals surface area contributed by atoms with Crippen molar-refractivity contribution in [2.45, 2.75) is 18.9 Å². The van der Waals surface area contributed by atoms with E-state index in [4.69, 9.17) is 28.9 Å². The van der Waals surface area contributed by atoms with Crippen LogP contribution in [0, 0.1) is 11.7 Å². The van der Waals surface area contributed by atoms with E-state index in [1.165, 1.54) is 12.1 Å². The van der Waals surface area contributed by atoms with E-state index in [1.807, 2.05) is 0 Å². The third kappa shape index (κ3) is 3.28. The van der Waals surface area contributed by atoms with Gasteiger partial charge in [-0.2, -0.15) is 0 Å². The molecule has 1 saturated heterocycles. The minimum atomic E-state index is -0.386. The van der Waals surface area contributed by atoms with Gasteiger partial charge in [0.2, 0.25) is 0 Å². The second-order valence-electron chi connectivity index (χ2n) is 4.37. The van der Waals surface area contributed by atoms with Crippen LogP contribution in [0.5, 0.6) is 0 Å². The highest BCUT2D eigenvalue weighted by molar-refractivity contribution is 6.42. The largest absolute Gasteiger partial charge is 0.324 e. The molecule has 1 fully saturated rings. The van der Waals surface area contributed by atoms with E-state index in [0.717, 1.165) is 25.9 Å². The summed E-state index contributed by atoms with van der Waals surface area (Å²) >= 11 is 11.9. The summed E-state index contributed by atoms with van der Waals surface area (Å²) in [7, 11) is 0. The molecular formula is C12H16Cl3FN2. The highest BCUT2D eigenvalue weighted by atomic mass is 35.5. The minimum absolute atomic E-state index is 0. The van der Waals surface area contributed by atoms with Crippen molar-refractivity contribution in [2.75, 3.05) is 13.1 Å². The van der Waals surface area contributed by atoms with Crippen LogP contribution in [0.2, 0.25) is 10.0 Å². The van der Waals surface area contributed by atoms with E-state index in [9.17, 15) is 4.39 Å². The molecular weight excluding hydrogens is 298 g/mol. The molecule has 0 aromatic heterocycles. The Morgan fingerprint density at radius 2 is 1.89 bits per heavy atom. The first-order valence-corrected chi connectivity index (χ1v) is 6.46. The molecule has 0 radical (unpaired) electrons. The van der Waals surface area contributed by atoms with Crippen LogP contribution in [0.15, 0.2) is 12.1 Å². The normalized spacial score (nSPS) is 18.2. The maximum absolute atomic E-state index is 13.8. The third-order valence-electron chi connectivity index (χ3n) is 3.30. The lowest BCUT2D eigenvalue weighted by Gasteiger charge is -2.29. The van der Waals surface area contributed by atoms with E-state index in [0.29, 0.717) is 10.6 Å². The summed E-state index contributed by atoms with van der Waals surface area (Å²) in [6.45, 7) is 1.83. The zero-order chi connectivity index (χ0) is 12.4. The summed E-state index contributed by atoms with van der Waals surface area (Å²) in [5, 5.41) is 3.86. The maximum Gasteiger partial charge on any atom is 0.129 e. The topological polar surface area (TPSA) is 38.0 Å². The van der Waals surface area contributed by atoms with E-state index >= 15 is 0 Å². The summed E-state index contributed by atoms with van der Waals surface area (Å²) < 4.78 is 13.8. The Morgan fingerprint density at radius 3 is 2.50 bits per heavy atom. The summed E-state index contributed by atoms with van der Waals surface area (Å²) in [6.07, 6.45) is 1.87. The van der Waals surface area contributed by atoms with Crippen molar-refractivity contribution in [1.29, 1.82) is 0 Å². The van der Waals surface area contributed by atoms with Crippen molar-refractivity contribution >= 4 is 35.6 Å². The lowest BCUT2D eigenvalue weighted by atomic mass is 9.86. The SMILES string of the molecule is Cl.N[C@@H](c1c(F)ccc(Cl)c1Cl)C1CCNCC1. The third-order valence-corrected chi connectivity index (χ3v) is 4.12. The molecule has 2 rings (SSSR count). The number of hydrogen-bond donors (Lipinski definition) is 2. The highest BCUT2D eigenvalue weighted by Crippen LogP contribution is 2.36. The smallest absolute Gasteiger partial charge is 0.129 e. The van der Waals surface area contributed by atoms with Gasteiger partial charge in [-0.25, -0.2) is 4.39 Å². The van der Waals surface area contributed by atoms with Gasteiger partial charge in [-0.3, -0.25) is 0 Å². The fourth-order valence-electron chi connectivity index (χ4n) is 2.29. The number of piperidine rings is 1. The van der Waals surface area contributed by atoms with Gasteiger partial charge in [-0.05, 0) is 44.0 Å². The molecule has 18 heavy (non-hydrogen) atoms. The Bertz CT molecular complexity index is 409. The van der Waals surface area contributed by atoms with Gasteiger partial charge >= 0.3 is 0 Å². The molecule has 0 aliphatic carbocycles. The van der Waals surface area contributed by atoms with Gasteiger partial charge in [-0.1, -0.05) is 23.2 Å². The van der Waals surface area contributed by atoms with Crippen LogP contribution in [-0.2, 0) is 0 Å². The van der Waals surface area contributed by atoms with Crippen LogP contribution in [0.1, 0.15) is 24.4 Å². The van der Waals surface area contributed by atoms with Gasteiger partial charge in [0.15, 0.2) is 0 Å². The van der Waals surface area contributed by atoms with E-state index in [2.05, 4.69) is 5.32 Å². The van der Waals surface area contributed by atoms with Crippen LogP contribution < -0.4 is 11.1 Å². The van der Waals surface area contributed by atoms with Crippen LogP contribution >= 0.6 is 35.6 Å². The van der Waals surface area contributed by atoms with Crippen LogP contribution in [-0.4, -0.2) is 13.1 Å². The Morgan fingerprint density at radius 1 is 1.28 bits per heavy atom. The molecule has 3 N–H and O–H groups in total. The first-order chi connectivity index (χ1) is 8.11. The maximum atomic E-state index is 13.8. The monoisotopic (exact) mass is 312 g/mol. The second kappa shape index (κ2) is 6.92. The van der Waals surface area contributed by atoms with Crippen molar-refractivity contribution in [1.82, 2.24) is 5.32 Å². The highest BCUT2D eigenvalue weighted by Gasteiger charge is 2.26. The fraction of sp³-hybridized carbons (Fsp3) is 0.500. The number of hydrogen-bond acceptors (Lipinski definition) is 2. The summed E-state index contributed by atoms with van der Waals surface area (Å²) in [5.41, 5.74) is 6.48. The second-order valence-corrected chi connectivity index (χ2v) is 5.16. The lowest BCUT2D eigenvalue weighted by Crippen LogP contribution is -2.34. The van der Waals surface area contributed by atoms with E-state index in [1.54, 1.807) is 0 Å². The van der Waals surface area contributed by atoms with Crippen molar-refractivity contribution in [3.63, 3.8) is 0 Å². The molecule has 1 aromatic carbocycles. The Kier molecular flexibility index (Phi) is 6.15. The van der Waals surface area contributed by atoms with Gasteiger partial charge in [0, 0.05) is 11.6 Å². The summed E-state index contributed by atoms with van der Waals surface area (Å²) in [5.74, 6) is -0.118. The standard InChI is InChI=1S/C12H15Cl2FN2.ClH/c13-8-1-2-9(15)10(11(8)14)12(16)7-3-5-17-6-4-7;/h1-2,7,12,17H,3-6,16H2;1H/t12-;/m1./s1. The molecule has 1 heterocycles. The van der Waals surface area contributed by atoms with Gasteiger partial charge < -0.3 is 11.1 Å². The van der Waals surface area contributed by atoms with E-state index in [-0.39, 0.29) is 35.2 Å². The quantitative estimate of drug-likeness (QED) is 0.819. The molecule has 0 bridgehead atoms. The first kappa shape index (κ1) is 16.0. The molecule has 102 valence electrons. The van der Waals surface area contributed by atoms with Gasteiger partial charge in [0.25, 0.3) is 0 Å². The molecule has 0 saturated carbocycles. The number of benzene rings is 1. The molecule has 2 nitrogen and oxygen atoms in total. The molecule has 1 atom stereocenters. The van der Waals surface area contributed by atoms with Gasteiger partial charge in [0.05, 0.1) is 10.0 Å². The lowest BCUT2D eigenvalue weighted by molar-refractivity contribution is 0.317. The zero-order valence-electron chi connectivity index (χ0n) is 9.76. The van der Waals surface area contributed by atoms with Crippen molar-refractivity contribution in [2.24, 2.45) is 11.7 Å². The Labute approximate surface area is 122 Å². The van der Waals surface area contributed by atoms with E-state index < -0.39 is 0 Å². The molecule has 1 aliphatic heterocycles. The summed E-state index contributed by atoms with van der Waals surface area (Å²) in [6, 6.07) is 2.39. The van der Waals surface area contributed by atoms with Crippen molar-refractivity contribution < 1.29 is 4.39 Å². The summed E-state index contributed by atoms with van der Waals surface area (Å²) in [4.78, 5) is 0. The Balaban J connectivity index is 0.00000162. The van der Waals surface area contributed by atoms with Crippen LogP contribution in [0.4, 0.5) is 4.39 Å². The fourth-order valence-corrected chi connectivity index (χ4v) is 2.73. The molecule has 0 unspecified atom stereocenters. The molecule has 1 aromatic rings. The van der Waals surface area contributed by atoms with Crippen molar-refractivity contribution in [3.8, 4) is 0 Å². The number of nitrogens with one attached hydrogen (secondary N) is 1. The average Bonchev–Trinajstić information content (AvgIpc) is 2.35. The van der Waals surface area contributed by atoms with Crippen molar-refractivity contribution in [3.05, 3.63) is 33.6 Å². The van der Waals surface area contributed by atoms with Crippen LogP contribution in [0.3, 0.4) is 0 Å². The molecule has 0 amide bonds. The average molecular weight is 314 g/mol. The molecule has 6 heteroatoms. The van der Waals surface area contributed by atoms with Gasteiger partial charge in [-0.15, -0.1) is 12.4 Å². The van der Waals surface area contributed by atoms with Crippen LogP contribution in [0.25, 0.3) is 0 Å².